The van der Waals surface area contributed by atoms with Crippen molar-refractivity contribution in [2.75, 3.05) is 32.4 Å². The van der Waals surface area contributed by atoms with E-state index in [2.05, 4.69) is 5.32 Å². The van der Waals surface area contributed by atoms with E-state index < -0.39 is 10.0 Å². The Balaban J connectivity index is 1.75. The molecule has 2 amide bonds. The highest BCUT2D eigenvalue weighted by Gasteiger charge is 2.34. The maximum absolute atomic E-state index is 12.2. The molecule has 2 aliphatic rings. The molecule has 2 fully saturated rings. The van der Waals surface area contributed by atoms with Crippen LogP contribution in [0.15, 0.2) is 0 Å². The van der Waals surface area contributed by atoms with Crippen molar-refractivity contribution in [3.05, 3.63) is 0 Å². The number of hydrogen-bond acceptors (Lipinski definition) is 5. The summed E-state index contributed by atoms with van der Waals surface area (Å²) in [6.45, 7) is 5.34. The van der Waals surface area contributed by atoms with E-state index in [0.717, 1.165) is 0 Å². The van der Waals surface area contributed by atoms with Gasteiger partial charge in [-0.25, -0.2) is 17.5 Å². The maximum Gasteiger partial charge on any atom is 0.410 e. The summed E-state index contributed by atoms with van der Waals surface area (Å²) >= 11 is 0. The van der Waals surface area contributed by atoms with Gasteiger partial charge in [0.2, 0.25) is 15.9 Å². The number of amides is 2. The van der Waals surface area contributed by atoms with Gasteiger partial charge in [0, 0.05) is 25.0 Å². The lowest BCUT2D eigenvalue weighted by molar-refractivity contribution is -0.126. The zero-order chi connectivity index (χ0) is 17.2. The molecule has 1 unspecified atom stereocenters. The fourth-order valence-electron chi connectivity index (χ4n) is 2.88. The monoisotopic (exact) mass is 347 g/mol. The standard InChI is InChI=1S/C14H25N3O5S/c1-10(2)17-9-12(22-14(17)19)8-15-13(18)11-4-6-16(7-5-11)23(3,20)21/h10-12H,4-9H2,1-3H3,(H,15,18). The molecular formula is C14H25N3O5S. The van der Waals surface area contributed by atoms with Gasteiger partial charge in [-0.15, -0.1) is 0 Å². The molecule has 0 aromatic carbocycles. The third-order valence-corrected chi connectivity index (χ3v) is 5.63. The van der Waals surface area contributed by atoms with Crippen LogP contribution in [0.3, 0.4) is 0 Å². The van der Waals surface area contributed by atoms with Gasteiger partial charge in [-0.05, 0) is 26.7 Å². The van der Waals surface area contributed by atoms with E-state index in [0.29, 0.717) is 39.0 Å². The summed E-state index contributed by atoms with van der Waals surface area (Å²) in [6, 6.07) is 0.0727. The van der Waals surface area contributed by atoms with E-state index in [1.807, 2.05) is 13.8 Å². The van der Waals surface area contributed by atoms with Crippen LogP contribution in [0.4, 0.5) is 4.79 Å². The highest BCUT2D eigenvalue weighted by molar-refractivity contribution is 7.88. The van der Waals surface area contributed by atoms with Crippen LogP contribution in [0.5, 0.6) is 0 Å². The number of cyclic esters (lactones) is 1. The number of hydrogen-bond donors (Lipinski definition) is 1. The molecule has 2 heterocycles. The number of rotatable bonds is 5. The number of carbonyl (C=O) groups is 2. The number of piperidine rings is 1. The summed E-state index contributed by atoms with van der Waals surface area (Å²) in [5.41, 5.74) is 0. The van der Waals surface area contributed by atoms with Crippen molar-refractivity contribution in [2.45, 2.75) is 38.8 Å². The Morgan fingerprint density at radius 3 is 2.43 bits per heavy atom. The quantitative estimate of drug-likeness (QED) is 0.755. The van der Waals surface area contributed by atoms with E-state index in [1.54, 1.807) is 4.90 Å². The zero-order valence-electron chi connectivity index (χ0n) is 13.8. The lowest BCUT2D eigenvalue weighted by Crippen LogP contribution is -2.44. The third kappa shape index (κ3) is 4.57. The molecule has 2 aliphatic heterocycles. The van der Waals surface area contributed by atoms with E-state index in [-0.39, 0.29) is 30.1 Å². The van der Waals surface area contributed by atoms with Gasteiger partial charge in [0.05, 0.1) is 19.3 Å². The van der Waals surface area contributed by atoms with Crippen molar-refractivity contribution < 1.29 is 22.7 Å². The molecule has 9 heteroatoms. The van der Waals surface area contributed by atoms with E-state index in [4.69, 9.17) is 4.74 Å². The lowest BCUT2D eigenvalue weighted by atomic mass is 9.97. The minimum absolute atomic E-state index is 0.0727. The van der Waals surface area contributed by atoms with Crippen molar-refractivity contribution in [2.24, 2.45) is 5.92 Å². The molecule has 0 spiro atoms. The predicted octanol–water partition coefficient (Wildman–Crippen LogP) is 0.00340. The van der Waals surface area contributed by atoms with Gasteiger partial charge in [-0.2, -0.15) is 0 Å². The van der Waals surface area contributed by atoms with Gasteiger partial charge in [0.25, 0.3) is 0 Å². The van der Waals surface area contributed by atoms with Gasteiger partial charge < -0.3 is 15.0 Å². The third-order valence-electron chi connectivity index (χ3n) is 4.32. The summed E-state index contributed by atoms with van der Waals surface area (Å²) < 4.78 is 29.5. The normalized spacial score (nSPS) is 24.1. The number of nitrogens with one attached hydrogen (secondary N) is 1. The smallest absolute Gasteiger partial charge is 0.410 e. The van der Waals surface area contributed by atoms with Crippen LogP contribution < -0.4 is 5.32 Å². The Bertz CT molecular complexity index is 555. The van der Waals surface area contributed by atoms with Crippen LogP contribution in [0, 0.1) is 5.92 Å². The van der Waals surface area contributed by atoms with Gasteiger partial charge in [0.1, 0.15) is 6.10 Å². The topological polar surface area (TPSA) is 96.0 Å². The number of nitrogens with zero attached hydrogens (tertiary/aromatic N) is 2. The Hall–Kier alpha value is -1.35. The first-order valence-electron chi connectivity index (χ1n) is 7.88. The van der Waals surface area contributed by atoms with Gasteiger partial charge in [-0.3, -0.25) is 4.79 Å². The van der Waals surface area contributed by atoms with Crippen molar-refractivity contribution >= 4 is 22.0 Å². The minimum atomic E-state index is -3.18. The highest BCUT2D eigenvalue weighted by atomic mass is 32.2. The maximum atomic E-state index is 12.2. The summed E-state index contributed by atoms with van der Waals surface area (Å²) in [5, 5.41) is 2.82. The van der Waals surface area contributed by atoms with Crippen LogP contribution in [0.25, 0.3) is 0 Å². The highest BCUT2D eigenvalue weighted by Crippen LogP contribution is 2.19. The van der Waals surface area contributed by atoms with E-state index in [9.17, 15) is 18.0 Å². The molecule has 132 valence electrons. The van der Waals surface area contributed by atoms with Crippen LogP contribution in [-0.4, -0.2) is 74.2 Å². The molecule has 0 aromatic heterocycles. The van der Waals surface area contributed by atoms with Gasteiger partial charge in [-0.1, -0.05) is 0 Å². The SMILES string of the molecule is CC(C)N1CC(CNC(=O)C2CCN(S(C)(=O)=O)CC2)OC1=O. The molecular weight excluding hydrogens is 322 g/mol. The number of carbonyl (C=O) groups excluding carboxylic acids is 2. The molecule has 2 saturated heterocycles. The molecule has 0 aromatic rings. The average molecular weight is 347 g/mol. The number of ether oxygens (including phenoxy) is 1. The molecule has 0 aliphatic carbocycles. The summed E-state index contributed by atoms with van der Waals surface area (Å²) in [7, 11) is -3.18. The molecule has 0 bridgehead atoms. The van der Waals surface area contributed by atoms with Crippen LogP contribution in [0.1, 0.15) is 26.7 Å². The second-order valence-electron chi connectivity index (χ2n) is 6.43. The summed E-state index contributed by atoms with van der Waals surface area (Å²) in [6.07, 6.45) is 1.54. The Labute approximate surface area is 137 Å². The van der Waals surface area contributed by atoms with Gasteiger partial charge >= 0.3 is 6.09 Å². The van der Waals surface area contributed by atoms with Crippen molar-refractivity contribution in [3.8, 4) is 0 Å². The molecule has 2 rings (SSSR count). The predicted molar refractivity (Wildman–Crippen MR) is 84.3 cm³/mol. The first kappa shape index (κ1) is 18.0. The number of sulfonamides is 1. The van der Waals surface area contributed by atoms with Crippen LogP contribution in [0.2, 0.25) is 0 Å². The van der Waals surface area contributed by atoms with Crippen LogP contribution >= 0.6 is 0 Å². The fraction of sp³-hybridized carbons (Fsp3) is 0.857. The summed E-state index contributed by atoms with van der Waals surface area (Å²) in [4.78, 5) is 25.4. The minimum Gasteiger partial charge on any atom is -0.442 e. The molecule has 1 atom stereocenters. The Kier molecular flexibility index (Phi) is 5.51. The second-order valence-corrected chi connectivity index (χ2v) is 8.42. The molecule has 1 N–H and O–H groups in total. The lowest BCUT2D eigenvalue weighted by Gasteiger charge is -2.29. The fourth-order valence-corrected chi connectivity index (χ4v) is 3.75. The van der Waals surface area contributed by atoms with Crippen molar-refractivity contribution in [3.63, 3.8) is 0 Å². The molecule has 8 nitrogen and oxygen atoms in total. The first-order chi connectivity index (χ1) is 10.7. The molecule has 23 heavy (non-hydrogen) atoms. The average Bonchev–Trinajstić information content (AvgIpc) is 2.85. The van der Waals surface area contributed by atoms with Gasteiger partial charge in [0.15, 0.2) is 0 Å². The molecule has 0 radical (unpaired) electrons. The Morgan fingerprint density at radius 1 is 1.35 bits per heavy atom. The largest absolute Gasteiger partial charge is 0.442 e. The van der Waals surface area contributed by atoms with Crippen molar-refractivity contribution in [1.82, 2.24) is 14.5 Å². The van der Waals surface area contributed by atoms with Crippen LogP contribution in [-0.2, 0) is 19.6 Å². The van der Waals surface area contributed by atoms with E-state index >= 15 is 0 Å². The second kappa shape index (κ2) is 7.04. The summed E-state index contributed by atoms with van der Waals surface area (Å²) in [5.74, 6) is -0.288. The van der Waals surface area contributed by atoms with Crippen molar-refractivity contribution in [1.29, 1.82) is 0 Å². The van der Waals surface area contributed by atoms with E-state index in [1.165, 1.54) is 10.6 Å². The molecule has 0 saturated carbocycles. The zero-order valence-corrected chi connectivity index (χ0v) is 14.6. The first-order valence-corrected chi connectivity index (χ1v) is 9.73. The Morgan fingerprint density at radius 2 is 1.96 bits per heavy atom.